The highest BCUT2D eigenvalue weighted by Gasteiger charge is 2.28. The summed E-state index contributed by atoms with van der Waals surface area (Å²) in [6.45, 7) is 6.66. The number of ether oxygens (including phenoxy) is 2. The number of benzene rings is 2. The molecule has 0 bridgehead atoms. The number of fused-ring (bicyclic) bond motifs is 1. The Labute approximate surface area is 163 Å². The van der Waals surface area contributed by atoms with E-state index in [4.69, 9.17) is 15.2 Å². The van der Waals surface area contributed by atoms with Gasteiger partial charge in [0, 0.05) is 5.56 Å². The van der Waals surface area contributed by atoms with Crippen molar-refractivity contribution >= 4 is 22.5 Å². The molecule has 138 valence electrons. The van der Waals surface area contributed by atoms with Crippen LogP contribution in [0.3, 0.4) is 0 Å². The number of nitrogens with zero attached hydrogens (tertiary/aromatic N) is 1. The molecule has 3 aromatic rings. The fraction of sp³-hybridized carbons (Fsp3) is 0.227. The van der Waals surface area contributed by atoms with E-state index in [1.54, 1.807) is 0 Å². The van der Waals surface area contributed by atoms with Crippen LogP contribution < -0.4 is 15.2 Å². The summed E-state index contributed by atoms with van der Waals surface area (Å²) in [5, 5.41) is 0.539. The lowest BCUT2D eigenvalue weighted by molar-refractivity contribution is 0.159. The van der Waals surface area contributed by atoms with Crippen LogP contribution in [-0.4, -0.2) is 17.2 Å². The van der Waals surface area contributed by atoms with E-state index >= 15 is 0 Å². The fourth-order valence-electron chi connectivity index (χ4n) is 3.20. The molecule has 0 spiro atoms. The van der Waals surface area contributed by atoms with Crippen molar-refractivity contribution in [3.8, 4) is 33.2 Å². The summed E-state index contributed by atoms with van der Waals surface area (Å²) in [5.41, 5.74) is 9.49. The minimum atomic E-state index is -0.402. The molecular formula is C22H22N2O2S. The average molecular weight is 378 g/mol. The van der Waals surface area contributed by atoms with E-state index in [9.17, 15) is 0 Å². The molecule has 4 rings (SSSR count). The Morgan fingerprint density at radius 3 is 2.67 bits per heavy atom. The van der Waals surface area contributed by atoms with Crippen molar-refractivity contribution in [2.24, 2.45) is 0 Å². The lowest BCUT2D eigenvalue weighted by atomic mass is 9.96. The van der Waals surface area contributed by atoms with Gasteiger partial charge in [-0.15, -0.1) is 0 Å². The SMILES string of the molecule is CCOc1ccc(-c2nc(N)sc2-c2ccccc2)c2c1C=CC(C)(C)O2. The Kier molecular flexibility index (Phi) is 4.40. The zero-order valence-electron chi connectivity index (χ0n) is 15.7. The first-order valence-corrected chi connectivity index (χ1v) is 9.80. The maximum atomic E-state index is 6.35. The lowest BCUT2D eigenvalue weighted by Gasteiger charge is -2.30. The van der Waals surface area contributed by atoms with Crippen LogP contribution in [0.1, 0.15) is 26.3 Å². The molecule has 1 aliphatic rings. The second-order valence-electron chi connectivity index (χ2n) is 6.92. The van der Waals surface area contributed by atoms with Gasteiger partial charge in [-0.05, 0) is 50.6 Å². The van der Waals surface area contributed by atoms with Crippen molar-refractivity contribution in [1.82, 2.24) is 4.98 Å². The molecule has 4 nitrogen and oxygen atoms in total. The molecule has 1 aromatic heterocycles. The zero-order chi connectivity index (χ0) is 19.0. The van der Waals surface area contributed by atoms with Crippen molar-refractivity contribution in [1.29, 1.82) is 0 Å². The topological polar surface area (TPSA) is 57.4 Å². The molecule has 0 unspecified atom stereocenters. The summed E-state index contributed by atoms with van der Waals surface area (Å²) in [4.78, 5) is 5.68. The highest BCUT2D eigenvalue weighted by atomic mass is 32.1. The van der Waals surface area contributed by atoms with E-state index in [1.165, 1.54) is 11.3 Å². The van der Waals surface area contributed by atoms with Gasteiger partial charge in [0.2, 0.25) is 0 Å². The zero-order valence-corrected chi connectivity index (χ0v) is 16.5. The molecule has 0 saturated heterocycles. The Balaban J connectivity index is 1.93. The number of hydrogen-bond acceptors (Lipinski definition) is 5. The summed E-state index contributed by atoms with van der Waals surface area (Å²) in [6.07, 6.45) is 4.13. The molecular weight excluding hydrogens is 356 g/mol. The van der Waals surface area contributed by atoms with Gasteiger partial charge < -0.3 is 15.2 Å². The number of thiazole rings is 1. The molecule has 0 fully saturated rings. The van der Waals surface area contributed by atoms with Gasteiger partial charge in [-0.25, -0.2) is 4.98 Å². The second kappa shape index (κ2) is 6.74. The van der Waals surface area contributed by atoms with Gasteiger partial charge in [0.1, 0.15) is 17.1 Å². The van der Waals surface area contributed by atoms with Gasteiger partial charge in [-0.1, -0.05) is 41.7 Å². The summed E-state index contributed by atoms with van der Waals surface area (Å²) in [5.74, 6) is 1.60. The summed E-state index contributed by atoms with van der Waals surface area (Å²) >= 11 is 1.49. The predicted molar refractivity (Wildman–Crippen MR) is 112 cm³/mol. The van der Waals surface area contributed by atoms with Crippen LogP contribution >= 0.6 is 11.3 Å². The number of hydrogen-bond donors (Lipinski definition) is 1. The molecule has 0 atom stereocenters. The van der Waals surface area contributed by atoms with E-state index in [0.29, 0.717) is 11.7 Å². The van der Waals surface area contributed by atoms with Crippen LogP contribution in [0, 0.1) is 0 Å². The Hall–Kier alpha value is -2.79. The maximum absolute atomic E-state index is 6.35. The van der Waals surface area contributed by atoms with Crippen LogP contribution in [-0.2, 0) is 0 Å². The third-order valence-corrected chi connectivity index (χ3v) is 5.34. The van der Waals surface area contributed by atoms with Crippen LogP contribution in [0.4, 0.5) is 5.13 Å². The highest BCUT2D eigenvalue weighted by molar-refractivity contribution is 7.19. The molecule has 5 heteroatoms. The molecule has 2 heterocycles. The normalized spacial score (nSPS) is 14.5. The first kappa shape index (κ1) is 17.6. The molecule has 0 radical (unpaired) electrons. The number of nitrogen functional groups attached to an aromatic ring is 1. The minimum absolute atomic E-state index is 0.402. The molecule has 2 aromatic carbocycles. The van der Waals surface area contributed by atoms with Gasteiger partial charge >= 0.3 is 0 Å². The van der Waals surface area contributed by atoms with Crippen molar-refractivity contribution in [3.05, 3.63) is 54.1 Å². The van der Waals surface area contributed by atoms with Crippen molar-refractivity contribution in [2.75, 3.05) is 12.3 Å². The van der Waals surface area contributed by atoms with Gasteiger partial charge in [0.05, 0.1) is 22.7 Å². The van der Waals surface area contributed by atoms with Gasteiger partial charge in [0.15, 0.2) is 5.13 Å². The van der Waals surface area contributed by atoms with Crippen LogP contribution in [0.15, 0.2) is 48.5 Å². The number of anilines is 1. The van der Waals surface area contributed by atoms with Gasteiger partial charge in [-0.2, -0.15) is 0 Å². The van der Waals surface area contributed by atoms with E-state index in [2.05, 4.69) is 29.3 Å². The Bertz CT molecular complexity index is 1010. The quantitative estimate of drug-likeness (QED) is 0.638. The van der Waals surface area contributed by atoms with E-state index in [0.717, 1.165) is 38.8 Å². The van der Waals surface area contributed by atoms with Crippen LogP contribution in [0.2, 0.25) is 0 Å². The largest absolute Gasteiger partial charge is 0.493 e. The molecule has 2 N–H and O–H groups in total. The molecule has 27 heavy (non-hydrogen) atoms. The molecule has 0 amide bonds. The highest BCUT2D eigenvalue weighted by Crippen LogP contribution is 2.47. The number of rotatable bonds is 4. The first-order chi connectivity index (χ1) is 13.0. The molecule has 0 aliphatic carbocycles. The lowest BCUT2D eigenvalue weighted by Crippen LogP contribution is -2.28. The Morgan fingerprint density at radius 1 is 1.15 bits per heavy atom. The van der Waals surface area contributed by atoms with Crippen molar-refractivity contribution in [2.45, 2.75) is 26.4 Å². The number of nitrogens with two attached hydrogens (primary N) is 1. The van der Waals surface area contributed by atoms with Crippen LogP contribution in [0.5, 0.6) is 11.5 Å². The standard InChI is InChI=1S/C22H22N2O2S/c1-4-25-17-11-10-16(19-15(17)12-13-22(2,3)26-19)18-20(27-21(23)24-18)14-8-6-5-7-9-14/h5-13H,4H2,1-3H3,(H2,23,24). The molecule has 1 aliphatic heterocycles. The van der Waals surface area contributed by atoms with E-state index in [-0.39, 0.29) is 0 Å². The third kappa shape index (κ3) is 3.30. The average Bonchev–Trinajstić information content (AvgIpc) is 3.03. The van der Waals surface area contributed by atoms with Crippen molar-refractivity contribution in [3.63, 3.8) is 0 Å². The van der Waals surface area contributed by atoms with Gasteiger partial charge in [0.25, 0.3) is 0 Å². The smallest absolute Gasteiger partial charge is 0.181 e. The fourth-order valence-corrected chi connectivity index (χ4v) is 4.05. The first-order valence-electron chi connectivity index (χ1n) is 8.98. The van der Waals surface area contributed by atoms with E-state index in [1.807, 2.05) is 51.1 Å². The van der Waals surface area contributed by atoms with Gasteiger partial charge in [-0.3, -0.25) is 0 Å². The second-order valence-corrected chi connectivity index (χ2v) is 7.95. The summed E-state index contributed by atoms with van der Waals surface area (Å²) in [6, 6.07) is 14.2. The minimum Gasteiger partial charge on any atom is -0.493 e. The number of aromatic nitrogens is 1. The predicted octanol–water partition coefficient (Wildman–Crippen LogP) is 5.64. The maximum Gasteiger partial charge on any atom is 0.181 e. The van der Waals surface area contributed by atoms with E-state index < -0.39 is 5.60 Å². The Morgan fingerprint density at radius 2 is 1.93 bits per heavy atom. The van der Waals surface area contributed by atoms with Crippen LogP contribution in [0.25, 0.3) is 27.8 Å². The monoisotopic (exact) mass is 378 g/mol. The third-order valence-electron chi connectivity index (χ3n) is 4.41. The summed E-state index contributed by atoms with van der Waals surface area (Å²) in [7, 11) is 0. The molecule has 0 saturated carbocycles. The van der Waals surface area contributed by atoms with Crippen molar-refractivity contribution < 1.29 is 9.47 Å². The summed E-state index contributed by atoms with van der Waals surface area (Å²) < 4.78 is 12.2.